The fourth-order valence-corrected chi connectivity index (χ4v) is 6.03. The van der Waals surface area contributed by atoms with Gasteiger partial charge in [-0.25, -0.2) is 9.18 Å². The molecule has 49 heavy (non-hydrogen) atoms. The van der Waals surface area contributed by atoms with Crippen LogP contribution in [0.1, 0.15) is 96.6 Å². The first kappa shape index (κ1) is 36.0. The van der Waals surface area contributed by atoms with Crippen molar-refractivity contribution < 1.29 is 37.7 Å². The average molecular weight is 677 g/mol. The van der Waals surface area contributed by atoms with Crippen molar-refractivity contribution >= 4 is 17.7 Å². The highest BCUT2D eigenvalue weighted by molar-refractivity contribution is 5.76. The number of esters is 1. The molecule has 0 saturated carbocycles. The third kappa shape index (κ3) is 9.65. The summed E-state index contributed by atoms with van der Waals surface area (Å²) in [5.74, 6) is 0.414. The number of hydrogen-bond donors (Lipinski definition) is 2. The van der Waals surface area contributed by atoms with Crippen LogP contribution in [-0.2, 0) is 25.4 Å². The number of nitrogens with one attached hydrogen (secondary N) is 2. The smallest absolute Gasteiger partial charge is 0.408 e. The lowest BCUT2D eigenvalue weighted by molar-refractivity contribution is -0.153. The molecule has 2 N–H and O–H groups in total. The zero-order valence-electron chi connectivity index (χ0n) is 29.6. The molecule has 0 aromatic heterocycles. The third-order valence-corrected chi connectivity index (χ3v) is 8.17. The van der Waals surface area contributed by atoms with Crippen LogP contribution in [-0.4, -0.2) is 49.1 Å². The van der Waals surface area contributed by atoms with Crippen molar-refractivity contribution in [2.24, 2.45) is 0 Å². The number of benzene rings is 3. The summed E-state index contributed by atoms with van der Waals surface area (Å²) in [6.45, 7) is 14.3. The van der Waals surface area contributed by atoms with Crippen molar-refractivity contribution in [2.45, 2.75) is 104 Å². The quantitative estimate of drug-likeness (QED) is 0.206. The fourth-order valence-electron chi connectivity index (χ4n) is 6.03. The molecule has 0 aliphatic carbocycles. The van der Waals surface area contributed by atoms with Crippen LogP contribution in [0.5, 0.6) is 11.5 Å². The monoisotopic (exact) mass is 676 g/mol. The maximum Gasteiger partial charge on any atom is 0.408 e. The van der Waals surface area contributed by atoms with E-state index in [9.17, 15) is 9.59 Å². The molecule has 1 fully saturated rings. The molecule has 2 aliphatic heterocycles. The number of fused-ring (bicyclic) bond motifs is 1. The topological polar surface area (TPSA) is 104 Å². The molecule has 0 radical (unpaired) electrons. The number of carbonyl (C=O) groups is 2. The molecule has 2 unspecified atom stereocenters. The molecule has 0 bridgehead atoms. The highest BCUT2D eigenvalue weighted by Gasteiger charge is 2.30. The maximum atomic E-state index is 16.4. The SMILES string of the molecule is C[C@@H](NC(=O)OC(C)(C)C)c1cccc(-c2cc(NCC3CCCO3)c3c(c2)C(Oc2ccccc2CC(=O)OC(C)(C)C)CCO3)c1F. The Labute approximate surface area is 288 Å². The summed E-state index contributed by atoms with van der Waals surface area (Å²) in [6.07, 6.45) is 1.57. The summed E-state index contributed by atoms with van der Waals surface area (Å²) >= 11 is 0. The summed E-state index contributed by atoms with van der Waals surface area (Å²) in [7, 11) is 0. The van der Waals surface area contributed by atoms with Crippen LogP contribution < -0.4 is 20.1 Å². The first-order valence-electron chi connectivity index (χ1n) is 17.1. The summed E-state index contributed by atoms with van der Waals surface area (Å²) in [5.41, 5.74) is 2.21. The van der Waals surface area contributed by atoms with E-state index >= 15 is 4.39 Å². The van der Waals surface area contributed by atoms with Gasteiger partial charge in [-0.3, -0.25) is 4.79 Å². The Hall–Kier alpha value is -4.31. The summed E-state index contributed by atoms with van der Waals surface area (Å²) in [4.78, 5) is 25.2. The van der Waals surface area contributed by atoms with Crippen molar-refractivity contribution in [1.82, 2.24) is 5.32 Å². The number of rotatable bonds is 10. The largest absolute Gasteiger partial charge is 0.491 e. The van der Waals surface area contributed by atoms with Crippen molar-refractivity contribution in [1.29, 1.82) is 0 Å². The molecule has 2 aliphatic rings. The van der Waals surface area contributed by atoms with Crippen LogP contribution in [0.3, 0.4) is 0 Å². The van der Waals surface area contributed by atoms with Gasteiger partial charge in [-0.05, 0) is 85.1 Å². The molecular formula is C39H49FN2O7. The van der Waals surface area contributed by atoms with Gasteiger partial charge in [0, 0.05) is 41.8 Å². The van der Waals surface area contributed by atoms with Crippen LogP contribution in [0.15, 0.2) is 54.6 Å². The van der Waals surface area contributed by atoms with Gasteiger partial charge in [-0.1, -0.05) is 36.4 Å². The van der Waals surface area contributed by atoms with Gasteiger partial charge in [0.25, 0.3) is 0 Å². The summed E-state index contributed by atoms with van der Waals surface area (Å²) < 4.78 is 46.1. The minimum atomic E-state index is -0.683. The molecule has 9 nitrogen and oxygen atoms in total. The number of para-hydroxylation sites is 1. The Morgan fingerprint density at radius 1 is 0.959 bits per heavy atom. The van der Waals surface area contributed by atoms with Gasteiger partial charge in [0.15, 0.2) is 0 Å². The van der Waals surface area contributed by atoms with Crippen molar-refractivity contribution in [3.63, 3.8) is 0 Å². The Bertz CT molecular complexity index is 1640. The first-order valence-corrected chi connectivity index (χ1v) is 17.1. The number of anilines is 1. The predicted molar refractivity (Wildman–Crippen MR) is 187 cm³/mol. The molecule has 10 heteroatoms. The summed E-state index contributed by atoms with van der Waals surface area (Å²) in [5, 5.41) is 6.26. The van der Waals surface area contributed by atoms with E-state index in [0.29, 0.717) is 59.0 Å². The van der Waals surface area contributed by atoms with Gasteiger partial charge in [-0.15, -0.1) is 0 Å². The molecular weight excluding hydrogens is 627 g/mol. The van der Waals surface area contributed by atoms with E-state index in [-0.39, 0.29) is 18.5 Å². The predicted octanol–water partition coefficient (Wildman–Crippen LogP) is 8.46. The van der Waals surface area contributed by atoms with Gasteiger partial charge < -0.3 is 34.3 Å². The lowest BCUT2D eigenvalue weighted by Gasteiger charge is -2.30. The minimum Gasteiger partial charge on any atom is -0.491 e. The lowest BCUT2D eigenvalue weighted by atomic mass is 9.93. The Morgan fingerprint density at radius 3 is 2.43 bits per heavy atom. The number of hydrogen-bond acceptors (Lipinski definition) is 8. The lowest BCUT2D eigenvalue weighted by Crippen LogP contribution is -2.34. The molecule has 3 aromatic rings. The Kier molecular flexibility index (Phi) is 11.1. The number of alkyl carbamates (subject to hydrolysis) is 1. The van der Waals surface area contributed by atoms with Gasteiger partial charge in [-0.2, -0.15) is 0 Å². The van der Waals surface area contributed by atoms with Crippen LogP contribution in [0, 0.1) is 5.82 Å². The van der Waals surface area contributed by atoms with Gasteiger partial charge in [0.05, 0.1) is 30.9 Å². The molecule has 0 spiro atoms. The average Bonchev–Trinajstić information content (AvgIpc) is 3.53. The number of amides is 1. The molecule has 1 saturated heterocycles. The summed E-state index contributed by atoms with van der Waals surface area (Å²) in [6, 6.07) is 15.7. The Morgan fingerprint density at radius 2 is 1.71 bits per heavy atom. The molecule has 2 heterocycles. The maximum absolute atomic E-state index is 16.4. The molecule has 3 atom stereocenters. The van der Waals surface area contributed by atoms with E-state index in [1.807, 2.05) is 57.2 Å². The number of halogens is 1. The first-order chi connectivity index (χ1) is 23.2. The second kappa shape index (κ2) is 15.1. The van der Waals surface area contributed by atoms with Gasteiger partial charge in [0.2, 0.25) is 0 Å². The van der Waals surface area contributed by atoms with Crippen molar-refractivity contribution in [3.8, 4) is 22.6 Å². The highest BCUT2D eigenvalue weighted by atomic mass is 19.1. The van der Waals surface area contributed by atoms with Gasteiger partial charge >= 0.3 is 12.1 Å². The minimum absolute atomic E-state index is 0.0608. The van der Waals surface area contributed by atoms with E-state index in [4.69, 9.17) is 23.7 Å². The zero-order valence-corrected chi connectivity index (χ0v) is 29.6. The van der Waals surface area contributed by atoms with E-state index in [1.54, 1.807) is 45.9 Å². The Balaban J connectivity index is 1.49. The number of carbonyl (C=O) groups excluding carboxylic acids is 2. The number of ether oxygens (including phenoxy) is 5. The standard InChI is InChI=1S/C39H49FN2O7/c1-24(42-37(44)49-39(5,6)7)28-14-10-15-29(35(28)40)26-20-30-33(17-19-46-36(30)31(21-26)41-23-27-13-11-18-45-27)47-32-16-9-8-12-25(32)22-34(43)48-38(2,3)4/h8-10,12,14-16,20-21,24,27,33,41H,11,13,17-19,22-23H2,1-7H3,(H,42,44)/t24-,27?,33?/m1/s1. The van der Waals surface area contributed by atoms with Crippen LogP contribution in [0.25, 0.3) is 11.1 Å². The third-order valence-electron chi connectivity index (χ3n) is 8.17. The molecule has 3 aromatic carbocycles. The molecule has 1 amide bonds. The van der Waals surface area contributed by atoms with Crippen LogP contribution >= 0.6 is 0 Å². The fraction of sp³-hybridized carbons (Fsp3) is 0.487. The second-order valence-electron chi connectivity index (χ2n) is 14.6. The van der Waals surface area contributed by atoms with Crippen molar-refractivity contribution in [2.75, 3.05) is 25.1 Å². The highest BCUT2D eigenvalue weighted by Crippen LogP contribution is 2.44. The van der Waals surface area contributed by atoms with E-state index in [1.165, 1.54) is 0 Å². The normalized spacial score (nSPS) is 18.1. The van der Waals surface area contributed by atoms with E-state index in [2.05, 4.69) is 10.6 Å². The van der Waals surface area contributed by atoms with Gasteiger partial charge in [0.1, 0.15) is 34.6 Å². The van der Waals surface area contributed by atoms with Crippen molar-refractivity contribution in [3.05, 3.63) is 77.1 Å². The molecule has 5 rings (SSSR count). The van der Waals surface area contributed by atoms with E-state index in [0.717, 1.165) is 25.0 Å². The van der Waals surface area contributed by atoms with Crippen LogP contribution in [0.2, 0.25) is 0 Å². The zero-order chi connectivity index (χ0) is 35.3. The van der Waals surface area contributed by atoms with E-state index < -0.39 is 35.3 Å². The van der Waals surface area contributed by atoms with Crippen LogP contribution in [0.4, 0.5) is 14.9 Å². The molecule has 264 valence electrons. The second-order valence-corrected chi connectivity index (χ2v) is 14.6.